The Hall–Kier alpha value is -2.00. The molecule has 0 aliphatic heterocycles. The highest BCUT2D eigenvalue weighted by molar-refractivity contribution is 7.89. The Kier molecular flexibility index (Phi) is 3.26. The van der Waals surface area contributed by atoms with E-state index in [4.69, 9.17) is 5.73 Å². The molecule has 0 bridgehead atoms. The molecule has 4 N–H and O–H groups in total. The number of benzene rings is 1. The minimum atomic E-state index is -3.81. The van der Waals surface area contributed by atoms with E-state index in [-0.39, 0.29) is 17.1 Å². The maximum atomic E-state index is 12.8. The van der Waals surface area contributed by atoms with E-state index < -0.39 is 15.8 Å². The standard InChI is InChI=1S/C9H10FN5O2S/c10-6-1-2-8(7(11)3-6)18(16,17)14-4-9-12-5-13-15-9/h1-3,5,14H,4,11H2,(H,12,13,15). The third-order valence-corrected chi connectivity index (χ3v) is 3.63. The van der Waals surface area contributed by atoms with Crippen LogP contribution in [0.1, 0.15) is 5.82 Å². The largest absolute Gasteiger partial charge is 0.398 e. The maximum absolute atomic E-state index is 12.8. The lowest BCUT2D eigenvalue weighted by molar-refractivity contribution is 0.579. The van der Waals surface area contributed by atoms with Crippen molar-refractivity contribution in [2.45, 2.75) is 11.4 Å². The number of hydrogen-bond acceptors (Lipinski definition) is 5. The van der Waals surface area contributed by atoms with E-state index >= 15 is 0 Å². The van der Waals surface area contributed by atoms with Crippen molar-refractivity contribution in [2.75, 3.05) is 5.73 Å². The first-order chi connectivity index (χ1) is 8.49. The molecule has 1 aromatic heterocycles. The number of hydrogen-bond donors (Lipinski definition) is 3. The average Bonchev–Trinajstić information content (AvgIpc) is 2.78. The summed E-state index contributed by atoms with van der Waals surface area (Å²) in [5, 5.41) is 6.09. The molecule has 1 aromatic carbocycles. The average molecular weight is 271 g/mol. The van der Waals surface area contributed by atoms with Crippen LogP contribution >= 0.6 is 0 Å². The number of halogens is 1. The van der Waals surface area contributed by atoms with Gasteiger partial charge in [0.25, 0.3) is 0 Å². The Balaban J connectivity index is 2.20. The van der Waals surface area contributed by atoms with Crippen LogP contribution in [0.3, 0.4) is 0 Å². The molecule has 2 aromatic rings. The van der Waals surface area contributed by atoms with E-state index in [9.17, 15) is 12.8 Å². The molecule has 0 fully saturated rings. The number of anilines is 1. The highest BCUT2D eigenvalue weighted by Crippen LogP contribution is 2.18. The summed E-state index contributed by atoms with van der Waals surface area (Å²) < 4.78 is 38.9. The van der Waals surface area contributed by atoms with Crippen LogP contribution < -0.4 is 10.5 Å². The van der Waals surface area contributed by atoms with E-state index in [0.717, 1.165) is 18.2 Å². The summed E-state index contributed by atoms with van der Waals surface area (Å²) in [4.78, 5) is 3.59. The van der Waals surface area contributed by atoms with Crippen molar-refractivity contribution in [1.29, 1.82) is 0 Å². The quantitative estimate of drug-likeness (QED) is 0.677. The smallest absolute Gasteiger partial charge is 0.243 e. The lowest BCUT2D eigenvalue weighted by Crippen LogP contribution is -2.24. The number of sulfonamides is 1. The van der Waals surface area contributed by atoms with Crippen LogP contribution in [0.15, 0.2) is 29.4 Å². The Labute approximate surface area is 102 Å². The van der Waals surface area contributed by atoms with Gasteiger partial charge >= 0.3 is 0 Å². The molecular formula is C9H10FN5O2S. The fourth-order valence-electron chi connectivity index (χ4n) is 1.32. The predicted molar refractivity (Wildman–Crippen MR) is 61.2 cm³/mol. The second-order valence-corrected chi connectivity index (χ2v) is 5.17. The minimum Gasteiger partial charge on any atom is -0.398 e. The van der Waals surface area contributed by atoms with Crippen molar-refractivity contribution in [2.24, 2.45) is 0 Å². The van der Waals surface area contributed by atoms with Crippen LogP contribution in [-0.2, 0) is 16.6 Å². The summed E-state index contributed by atoms with van der Waals surface area (Å²) in [6.45, 7) is -0.0564. The molecule has 0 atom stereocenters. The van der Waals surface area contributed by atoms with Gasteiger partial charge in [-0.25, -0.2) is 22.5 Å². The van der Waals surface area contributed by atoms with E-state index in [1.165, 1.54) is 6.33 Å². The Morgan fingerprint density at radius 2 is 2.22 bits per heavy atom. The van der Waals surface area contributed by atoms with Gasteiger partial charge in [-0.3, -0.25) is 5.10 Å². The van der Waals surface area contributed by atoms with Gasteiger partial charge in [0.2, 0.25) is 10.0 Å². The predicted octanol–water partition coefficient (Wildman–Crippen LogP) is 0.00450. The molecule has 18 heavy (non-hydrogen) atoms. The topological polar surface area (TPSA) is 114 Å². The molecule has 0 radical (unpaired) electrons. The van der Waals surface area contributed by atoms with Crippen molar-refractivity contribution < 1.29 is 12.8 Å². The number of rotatable bonds is 4. The Bertz CT molecular complexity index is 641. The third kappa shape index (κ3) is 2.63. The molecule has 0 spiro atoms. The molecule has 96 valence electrons. The van der Waals surface area contributed by atoms with Gasteiger partial charge in [-0.2, -0.15) is 5.10 Å². The number of H-pyrrole nitrogens is 1. The first-order valence-corrected chi connectivity index (χ1v) is 6.36. The Morgan fingerprint density at radius 3 is 2.83 bits per heavy atom. The van der Waals surface area contributed by atoms with Gasteiger partial charge in [-0.15, -0.1) is 0 Å². The van der Waals surface area contributed by atoms with Gasteiger partial charge in [0.05, 0.1) is 12.2 Å². The molecule has 0 saturated heterocycles. The van der Waals surface area contributed by atoms with Crippen LogP contribution in [0.5, 0.6) is 0 Å². The number of nitrogens with zero attached hydrogens (tertiary/aromatic N) is 2. The summed E-state index contributed by atoms with van der Waals surface area (Å²) in [7, 11) is -3.81. The lowest BCUT2D eigenvalue weighted by Gasteiger charge is -2.07. The van der Waals surface area contributed by atoms with Crippen molar-refractivity contribution >= 4 is 15.7 Å². The summed E-state index contributed by atoms with van der Waals surface area (Å²) in [5.41, 5.74) is 5.31. The van der Waals surface area contributed by atoms with Crippen LogP contribution in [0.4, 0.5) is 10.1 Å². The zero-order valence-electron chi connectivity index (χ0n) is 9.09. The normalized spacial score (nSPS) is 11.6. The van der Waals surface area contributed by atoms with E-state index in [0.29, 0.717) is 5.82 Å². The van der Waals surface area contributed by atoms with Gasteiger partial charge in [-0.1, -0.05) is 0 Å². The second-order valence-electron chi connectivity index (χ2n) is 3.44. The second kappa shape index (κ2) is 4.70. The molecular weight excluding hydrogens is 261 g/mol. The summed E-state index contributed by atoms with van der Waals surface area (Å²) in [5.74, 6) is -0.235. The zero-order valence-corrected chi connectivity index (χ0v) is 9.91. The summed E-state index contributed by atoms with van der Waals surface area (Å²) in [6, 6.07) is 3.08. The number of nitrogens with one attached hydrogen (secondary N) is 2. The molecule has 7 nitrogen and oxygen atoms in total. The lowest BCUT2D eigenvalue weighted by atomic mass is 10.3. The van der Waals surface area contributed by atoms with Crippen molar-refractivity contribution in [3.63, 3.8) is 0 Å². The highest BCUT2D eigenvalue weighted by Gasteiger charge is 2.17. The molecule has 0 amide bonds. The number of aromatic amines is 1. The van der Waals surface area contributed by atoms with Crippen LogP contribution in [0, 0.1) is 5.82 Å². The fourth-order valence-corrected chi connectivity index (χ4v) is 2.42. The molecule has 0 saturated carbocycles. The van der Waals surface area contributed by atoms with Gasteiger partial charge in [0, 0.05) is 0 Å². The van der Waals surface area contributed by atoms with Crippen molar-refractivity contribution in [3.05, 3.63) is 36.2 Å². The fraction of sp³-hybridized carbons (Fsp3) is 0.111. The summed E-state index contributed by atoms with van der Waals surface area (Å²) >= 11 is 0. The number of aromatic nitrogens is 3. The maximum Gasteiger partial charge on any atom is 0.243 e. The van der Waals surface area contributed by atoms with E-state index in [1.807, 2.05) is 0 Å². The summed E-state index contributed by atoms with van der Waals surface area (Å²) in [6.07, 6.45) is 1.26. The van der Waals surface area contributed by atoms with Crippen molar-refractivity contribution in [3.8, 4) is 0 Å². The van der Waals surface area contributed by atoms with Gasteiger partial charge in [0.15, 0.2) is 0 Å². The van der Waals surface area contributed by atoms with Gasteiger partial charge in [-0.05, 0) is 18.2 Å². The number of nitrogen functional groups attached to an aromatic ring is 1. The zero-order chi connectivity index (χ0) is 13.2. The van der Waals surface area contributed by atoms with Crippen LogP contribution in [0.2, 0.25) is 0 Å². The molecule has 2 rings (SSSR count). The molecule has 0 aliphatic carbocycles. The molecule has 0 unspecified atom stereocenters. The number of nitrogens with two attached hydrogens (primary N) is 1. The Morgan fingerprint density at radius 1 is 1.44 bits per heavy atom. The van der Waals surface area contributed by atoms with Crippen LogP contribution in [0.25, 0.3) is 0 Å². The first-order valence-electron chi connectivity index (χ1n) is 4.88. The van der Waals surface area contributed by atoms with Gasteiger partial charge in [0.1, 0.15) is 22.9 Å². The minimum absolute atomic E-state index is 0.0564. The van der Waals surface area contributed by atoms with E-state index in [1.54, 1.807) is 0 Å². The monoisotopic (exact) mass is 271 g/mol. The van der Waals surface area contributed by atoms with E-state index in [2.05, 4.69) is 19.9 Å². The molecule has 9 heteroatoms. The van der Waals surface area contributed by atoms with Crippen LogP contribution in [-0.4, -0.2) is 23.6 Å². The van der Waals surface area contributed by atoms with Crippen molar-refractivity contribution in [1.82, 2.24) is 19.9 Å². The SMILES string of the molecule is Nc1cc(F)ccc1S(=O)(=O)NCc1ncn[nH]1. The highest BCUT2D eigenvalue weighted by atomic mass is 32.2. The third-order valence-electron chi connectivity index (χ3n) is 2.16. The molecule has 1 heterocycles. The van der Waals surface area contributed by atoms with Gasteiger partial charge < -0.3 is 5.73 Å². The first kappa shape index (κ1) is 12.5. The molecule has 0 aliphatic rings.